The fourth-order valence-corrected chi connectivity index (χ4v) is 3.38. The van der Waals surface area contributed by atoms with Gasteiger partial charge in [0.2, 0.25) is 0 Å². The molecule has 18 heavy (non-hydrogen) atoms. The lowest BCUT2D eigenvalue weighted by Gasteiger charge is -2.15. The molecule has 0 aromatic carbocycles. The van der Waals surface area contributed by atoms with Crippen LogP contribution in [0.1, 0.15) is 27.0 Å². The van der Waals surface area contributed by atoms with Crippen LogP contribution in [0.25, 0.3) is 0 Å². The maximum atomic E-state index is 12.3. The molecule has 4 nitrogen and oxygen atoms in total. The minimum Gasteiger partial charge on any atom is -0.481 e. The highest BCUT2D eigenvalue weighted by Gasteiger charge is 2.37. The molecule has 0 aliphatic carbocycles. The van der Waals surface area contributed by atoms with Crippen molar-refractivity contribution in [3.63, 3.8) is 0 Å². The molecular weight excluding hydrogens is 250 g/mol. The monoisotopic (exact) mass is 267 g/mol. The third kappa shape index (κ3) is 2.27. The number of carbonyl (C=O) groups excluding carboxylic acids is 1. The van der Waals surface area contributed by atoms with E-state index in [2.05, 4.69) is 0 Å². The van der Waals surface area contributed by atoms with Gasteiger partial charge in [0.15, 0.2) is 0 Å². The summed E-state index contributed by atoms with van der Waals surface area (Å²) in [5.41, 5.74) is 0.718. The van der Waals surface area contributed by atoms with Gasteiger partial charge in [-0.2, -0.15) is 0 Å². The number of likely N-dealkylation sites (tertiary alicyclic amines) is 1. The van der Waals surface area contributed by atoms with Crippen molar-refractivity contribution in [2.45, 2.75) is 20.8 Å². The second-order valence-corrected chi connectivity index (χ2v) is 6.42. The highest BCUT2D eigenvalue weighted by Crippen LogP contribution is 2.27. The third-order valence-corrected chi connectivity index (χ3v) is 4.45. The topological polar surface area (TPSA) is 57.6 Å². The number of carboxylic acid groups (broad SMARTS) is 1. The first kappa shape index (κ1) is 13.1. The van der Waals surface area contributed by atoms with E-state index in [-0.39, 0.29) is 11.8 Å². The Morgan fingerprint density at radius 2 is 2.06 bits per heavy atom. The first-order valence-electron chi connectivity index (χ1n) is 5.99. The van der Waals surface area contributed by atoms with Crippen molar-refractivity contribution in [2.24, 2.45) is 11.8 Å². The molecule has 0 bridgehead atoms. The molecule has 1 amide bonds. The molecule has 2 atom stereocenters. The second kappa shape index (κ2) is 4.72. The molecule has 0 radical (unpaired) electrons. The molecule has 2 heterocycles. The highest BCUT2D eigenvalue weighted by molar-refractivity contribution is 7.12. The van der Waals surface area contributed by atoms with Gasteiger partial charge in [-0.05, 0) is 25.8 Å². The molecule has 1 aliphatic rings. The largest absolute Gasteiger partial charge is 0.481 e. The summed E-state index contributed by atoms with van der Waals surface area (Å²) in [5.74, 6) is -1.26. The van der Waals surface area contributed by atoms with Crippen molar-refractivity contribution in [1.82, 2.24) is 4.90 Å². The number of hydrogen-bond acceptors (Lipinski definition) is 3. The summed E-state index contributed by atoms with van der Waals surface area (Å²) >= 11 is 1.60. The Hall–Kier alpha value is -1.36. The van der Waals surface area contributed by atoms with Crippen molar-refractivity contribution in [3.05, 3.63) is 21.4 Å². The number of aliphatic carboxylic acids is 1. The number of thiophene rings is 1. The van der Waals surface area contributed by atoms with Gasteiger partial charge in [0.05, 0.1) is 11.5 Å². The summed E-state index contributed by atoms with van der Waals surface area (Å²) in [7, 11) is 0. The van der Waals surface area contributed by atoms with E-state index in [0.717, 1.165) is 15.3 Å². The van der Waals surface area contributed by atoms with Crippen LogP contribution in [0.4, 0.5) is 0 Å². The zero-order valence-electron chi connectivity index (χ0n) is 10.8. The van der Waals surface area contributed by atoms with Gasteiger partial charge in [-0.25, -0.2) is 0 Å². The zero-order valence-corrected chi connectivity index (χ0v) is 11.6. The minimum atomic E-state index is -0.809. The molecule has 1 aliphatic heterocycles. The maximum Gasteiger partial charge on any atom is 0.308 e. The van der Waals surface area contributed by atoms with Gasteiger partial charge >= 0.3 is 5.97 Å². The molecule has 0 spiro atoms. The Labute approximate surface area is 110 Å². The summed E-state index contributed by atoms with van der Waals surface area (Å²) in [6, 6.07) is 1.89. The van der Waals surface area contributed by atoms with Crippen molar-refractivity contribution in [2.75, 3.05) is 13.1 Å². The molecule has 1 fully saturated rings. The average molecular weight is 267 g/mol. The van der Waals surface area contributed by atoms with Crippen LogP contribution < -0.4 is 0 Å². The first-order valence-corrected chi connectivity index (χ1v) is 6.81. The van der Waals surface area contributed by atoms with Crippen molar-refractivity contribution < 1.29 is 14.7 Å². The minimum absolute atomic E-state index is 0.0199. The van der Waals surface area contributed by atoms with Gasteiger partial charge in [0, 0.05) is 22.8 Å². The lowest BCUT2D eigenvalue weighted by molar-refractivity contribution is -0.142. The van der Waals surface area contributed by atoms with Gasteiger partial charge in [0.25, 0.3) is 5.91 Å². The predicted molar refractivity (Wildman–Crippen MR) is 70.0 cm³/mol. The van der Waals surface area contributed by atoms with Gasteiger partial charge in [-0.3, -0.25) is 9.59 Å². The SMILES string of the molecule is Cc1cc(C(=O)N2C[C@@H](C)[C@H](C(=O)O)C2)c(C)s1. The van der Waals surface area contributed by atoms with E-state index in [9.17, 15) is 9.59 Å². The van der Waals surface area contributed by atoms with Crippen molar-refractivity contribution >= 4 is 23.2 Å². The van der Waals surface area contributed by atoms with E-state index in [4.69, 9.17) is 5.11 Å². The van der Waals surface area contributed by atoms with Crippen LogP contribution in [0.3, 0.4) is 0 Å². The number of carboxylic acids is 1. The van der Waals surface area contributed by atoms with Crippen LogP contribution >= 0.6 is 11.3 Å². The number of aryl methyl sites for hydroxylation is 2. The lowest BCUT2D eigenvalue weighted by Crippen LogP contribution is -2.30. The van der Waals surface area contributed by atoms with Gasteiger partial charge in [-0.1, -0.05) is 6.92 Å². The molecule has 0 saturated carbocycles. The number of rotatable bonds is 2. The predicted octanol–water partition coefficient (Wildman–Crippen LogP) is 2.16. The maximum absolute atomic E-state index is 12.3. The van der Waals surface area contributed by atoms with Crippen LogP contribution in [0.5, 0.6) is 0 Å². The number of amides is 1. The molecule has 2 rings (SSSR count). The van der Waals surface area contributed by atoms with Crippen LogP contribution in [0.2, 0.25) is 0 Å². The number of hydrogen-bond donors (Lipinski definition) is 1. The highest BCUT2D eigenvalue weighted by atomic mass is 32.1. The molecule has 5 heteroatoms. The zero-order chi connectivity index (χ0) is 13.4. The summed E-state index contributed by atoms with van der Waals surface area (Å²) in [5, 5.41) is 9.08. The number of carbonyl (C=O) groups is 2. The molecule has 98 valence electrons. The van der Waals surface area contributed by atoms with Crippen molar-refractivity contribution in [3.8, 4) is 0 Å². The van der Waals surface area contributed by atoms with E-state index >= 15 is 0 Å². The van der Waals surface area contributed by atoms with Gasteiger partial charge in [0.1, 0.15) is 0 Å². The quantitative estimate of drug-likeness (QED) is 0.893. The normalized spacial score (nSPS) is 23.4. The Morgan fingerprint density at radius 1 is 1.39 bits per heavy atom. The Bertz CT molecular complexity index is 494. The van der Waals surface area contributed by atoms with E-state index in [0.29, 0.717) is 13.1 Å². The number of nitrogens with zero attached hydrogens (tertiary/aromatic N) is 1. The molecule has 1 aromatic rings. The van der Waals surface area contributed by atoms with Gasteiger partial charge in [-0.15, -0.1) is 11.3 Å². The van der Waals surface area contributed by atoms with Crippen LogP contribution in [-0.4, -0.2) is 35.0 Å². The summed E-state index contributed by atoms with van der Waals surface area (Å²) in [6.45, 7) is 6.64. The Balaban J connectivity index is 2.17. The van der Waals surface area contributed by atoms with E-state index in [1.807, 2.05) is 26.8 Å². The molecule has 1 aromatic heterocycles. The summed E-state index contributed by atoms with van der Waals surface area (Å²) in [6.07, 6.45) is 0. The Kier molecular flexibility index (Phi) is 3.43. The third-order valence-electron chi connectivity index (χ3n) is 3.49. The Morgan fingerprint density at radius 3 is 2.50 bits per heavy atom. The van der Waals surface area contributed by atoms with E-state index in [1.54, 1.807) is 16.2 Å². The van der Waals surface area contributed by atoms with Crippen LogP contribution in [-0.2, 0) is 4.79 Å². The summed E-state index contributed by atoms with van der Waals surface area (Å²) < 4.78 is 0. The van der Waals surface area contributed by atoms with E-state index < -0.39 is 11.9 Å². The smallest absolute Gasteiger partial charge is 0.308 e. The lowest BCUT2D eigenvalue weighted by atomic mass is 9.99. The molecule has 1 N–H and O–H groups in total. The van der Waals surface area contributed by atoms with Crippen LogP contribution in [0.15, 0.2) is 6.07 Å². The second-order valence-electron chi connectivity index (χ2n) is 4.96. The molecular formula is C13H17NO3S. The summed E-state index contributed by atoms with van der Waals surface area (Å²) in [4.78, 5) is 27.2. The van der Waals surface area contributed by atoms with Crippen LogP contribution in [0, 0.1) is 25.7 Å². The fourth-order valence-electron chi connectivity index (χ4n) is 2.47. The fraction of sp³-hybridized carbons (Fsp3) is 0.538. The van der Waals surface area contributed by atoms with E-state index in [1.165, 1.54) is 0 Å². The van der Waals surface area contributed by atoms with Crippen molar-refractivity contribution in [1.29, 1.82) is 0 Å². The van der Waals surface area contributed by atoms with Gasteiger partial charge < -0.3 is 10.0 Å². The standard InChI is InChI=1S/C13H17NO3S/c1-7-5-14(6-11(7)13(16)17)12(15)10-4-8(2)18-9(10)3/h4,7,11H,5-6H2,1-3H3,(H,16,17)/t7-,11-/m1/s1. The first-order chi connectivity index (χ1) is 8.40. The average Bonchev–Trinajstić information content (AvgIpc) is 2.81. The molecule has 1 saturated heterocycles. The molecule has 0 unspecified atom stereocenters.